The van der Waals surface area contributed by atoms with E-state index in [1.807, 2.05) is 48.2 Å². The van der Waals surface area contributed by atoms with Crippen molar-refractivity contribution in [2.24, 2.45) is 0 Å². The first-order valence-electron chi connectivity index (χ1n) is 9.74. The van der Waals surface area contributed by atoms with Crippen LogP contribution in [0.4, 0.5) is 0 Å². The maximum atomic E-state index is 13.0. The Balaban J connectivity index is 1.72. The van der Waals surface area contributed by atoms with Crippen molar-refractivity contribution in [3.05, 3.63) is 58.7 Å². The molecule has 0 N–H and O–H groups in total. The molecular weight excluding hydrogens is 368 g/mol. The highest BCUT2D eigenvalue weighted by Crippen LogP contribution is 2.33. The van der Waals surface area contributed by atoms with Crippen LogP contribution in [0, 0.1) is 6.92 Å². The van der Waals surface area contributed by atoms with Crippen molar-refractivity contribution < 1.29 is 19.1 Å². The van der Waals surface area contributed by atoms with Crippen molar-refractivity contribution in [2.75, 3.05) is 27.3 Å². The van der Waals surface area contributed by atoms with E-state index in [9.17, 15) is 9.59 Å². The molecule has 6 nitrogen and oxygen atoms in total. The van der Waals surface area contributed by atoms with Crippen LogP contribution in [0.1, 0.15) is 29.2 Å². The molecule has 3 rings (SSSR count). The molecule has 0 aliphatic carbocycles. The molecule has 0 aromatic heterocycles. The van der Waals surface area contributed by atoms with Crippen LogP contribution in [0.3, 0.4) is 0 Å². The van der Waals surface area contributed by atoms with E-state index in [0.29, 0.717) is 31.1 Å². The summed E-state index contributed by atoms with van der Waals surface area (Å²) in [7, 11) is 3.22. The summed E-state index contributed by atoms with van der Waals surface area (Å²) in [5.74, 6) is 1.21. The first-order valence-corrected chi connectivity index (χ1v) is 9.74. The van der Waals surface area contributed by atoms with Crippen LogP contribution in [0.25, 0.3) is 0 Å². The van der Waals surface area contributed by atoms with Gasteiger partial charge in [-0.15, -0.1) is 0 Å². The fourth-order valence-electron chi connectivity index (χ4n) is 3.63. The standard InChI is InChI=1S/C23H28N2O4/c1-16-7-5-6-8-19(16)13-25(17(2)26)15-23(27)24-10-9-18-11-21(28-3)22(29-4)12-20(18)14-24/h5-8,11-12H,9-10,13-15H2,1-4H3. The first kappa shape index (κ1) is 20.7. The van der Waals surface area contributed by atoms with Crippen molar-refractivity contribution in [3.8, 4) is 11.5 Å². The van der Waals surface area contributed by atoms with Crippen molar-refractivity contribution >= 4 is 11.8 Å². The van der Waals surface area contributed by atoms with Gasteiger partial charge >= 0.3 is 0 Å². The largest absolute Gasteiger partial charge is 0.493 e. The quantitative estimate of drug-likeness (QED) is 0.753. The van der Waals surface area contributed by atoms with Crippen molar-refractivity contribution in [3.63, 3.8) is 0 Å². The van der Waals surface area contributed by atoms with Gasteiger partial charge in [-0.05, 0) is 47.7 Å². The molecule has 0 spiro atoms. The Morgan fingerprint density at radius 3 is 2.34 bits per heavy atom. The monoisotopic (exact) mass is 396 g/mol. The summed E-state index contributed by atoms with van der Waals surface area (Å²) in [4.78, 5) is 28.5. The van der Waals surface area contributed by atoms with Gasteiger partial charge in [-0.2, -0.15) is 0 Å². The number of hydrogen-bond donors (Lipinski definition) is 0. The van der Waals surface area contributed by atoms with Gasteiger partial charge < -0.3 is 19.3 Å². The van der Waals surface area contributed by atoms with Crippen LogP contribution in [0.5, 0.6) is 11.5 Å². The number of rotatable bonds is 6. The van der Waals surface area contributed by atoms with Gasteiger partial charge in [-0.3, -0.25) is 9.59 Å². The molecule has 0 fully saturated rings. The lowest BCUT2D eigenvalue weighted by molar-refractivity contribution is -0.140. The zero-order chi connectivity index (χ0) is 21.0. The number of carbonyl (C=O) groups is 2. The fraction of sp³-hybridized carbons (Fsp3) is 0.391. The second-order valence-corrected chi connectivity index (χ2v) is 7.34. The van der Waals surface area contributed by atoms with Crippen LogP contribution in [0.2, 0.25) is 0 Å². The number of methoxy groups -OCH3 is 2. The lowest BCUT2D eigenvalue weighted by Gasteiger charge is -2.31. The van der Waals surface area contributed by atoms with Crippen LogP contribution in [-0.4, -0.2) is 48.9 Å². The third kappa shape index (κ3) is 4.70. The minimum atomic E-state index is -0.106. The third-order valence-electron chi connectivity index (χ3n) is 5.46. The first-order chi connectivity index (χ1) is 13.9. The lowest BCUT2D eigenvalue weighted by Crippen LogP contribution is -2.43. The van der Waals surface area contributed by atoms with Gasteiger partial charge in [0.1, 0.15) is 6.54 Å². The van der Waals surface area contributed by atoms with E-state index in [0.717, 1.165) is 28.7 Å². The average molecular weight is 396 g/mol. The van der Waals surface area contributed by atoms with E-state index in [1.54, 1.807) is 19.1 Å². The number of ether oxygens (including phenoxy) is 2. The molecule has 2 aromatic rings. The number of benzene rings is 2. The smallest absolute Gasteiger partial charge is 0.242 e. The summed E-state index contributed by atoms with van der Waals surface area (Å²) in [5, 5.41) is 0. The molecule has 0 saturated carbocycles. The highest BCUT2D eigenvalue weighted by Gasteiger charge is 2.25. The Labute approximate surface area is 172 Å². The highest BCUT2D eigenvalue weighted by molar-refractivity contribution is 5.84. The third-order valence-corrected chi connectivity index (χ3v) is 5.46. The molecule has 154 valence electrons. The molecule has 2 amide bonds. The molecule has 1 aliphatic rings. The van der Waals surface area contributed by atoms with Crippen LogP contribution >= 0.6 is 0 Å². The minimum Gasteiger partial charge on any atom is -0.493 e. The van der Waals surface area contributed by atoms with Crippen molar-refractivity contribution in [1.29, 1.82) is 0 Å². The fourth-order valence-corrected chi connectivity index (χ4v) is 3.63. The Bertz CT molecular complexity index is 910. The second-order valence-electron chi connectivity index (χ2n) is 7.34. The topological polar surface area (TPSA) is 59.1 Å². The van der Waals surface area contributed by atoms with Gasteiger partial charge in [0.2, 0.25) is 11.8 Å². The zero-order valence-electron chi connectivity index (χ0n) is 17.5. The summed E-state index contributed by atoms with van der Waals surface area (Å²) in [5.41, 5.74) is 4.38. The summed E-state index contributed by atoms with van der Waals surface area (Å²) in [6, 6.07) is 11.8. The zero-order valence-corrected chi connectivity index (χ0v) is 17.5. The molecule has 2 aromatic carbocycles. The van der Waals surface area contributed by atoms with Crippen LogP contribution in [-0.2, 0) is 29.1 Å². The summed E-state index contributed by atoms with van der Waals surface area (Å²) in [6.07, 6.45) is 0.749. The second kappa shape index (κ2) is 8.99. The Hall–Kier alpha value is -3.02. The van der Waals surface area contributed by atoms with E-state index in [2.05, 4.69) is 0 Å². The van der Waals surface area contributed by atoms with Gasteiger partial charge in [0.25, 0.3) is 0 Å². The van der Waals surface area contributed by atoms with Gasteiger partial charge in [-0.25, -0.2) is 0 Å². The number of hydrogen-bond acceptors (Lipinski definition) is 4. The van der Waals surface area contributed by atoms with E-state index in [4.69, 9.17) is 9.47 Å². The number of carbonyl (C=O) groups excluding carboxylic acids is 2. The Morgan fingerprint density at radius 1 is 1.07 bits per heavy atom. The van der Waals surface area contributed by atoms with Crippen LogP contribution in [0.15, 0.2) is 36.4 Å². The maximum absolute atomic E-state index is 13.0. The lowest BCUT2D eigenvalue weighted by atomic mass is 9.98. The molecule has 6 heteroatoms. The summed E-state index contributed by atoms with van der Waals surface area (Å²) >= 11 is 0. The number of fused-ring (bicyclic) bond motifs is 1. The molecule has 1 heterocycles. The molecule has 0 radical (unpaired) electrons. The van der Waals surface area contributed by atoms with E-state index in [-0.39, 0.29) is 18.4 Å². The van der Waals surface area contributed by atoms with E-state index >= 15 is 0 Å². The Kier molecular flexibility index (Phi) is 6.42. The van der Waals surface area contributed by atoms with Gasteiger partial charge in [0.05, 0.1) is 14.2 Å². The van der Waals surface area contributed by atoms with E-state index in [1.165, 1.54) is 6.92 Å². The van der Waals surface area contributed by atoms with Crippen molar-refractivity contribution in [1.82, 2.24) is 9.80 Å². The highest BCUT2D eigenvalue weighted by atomic mass is 16.5. The molecule has 29 heavy (non-hydrogen) atoms. The summed E-state index contributed by atoms with van der Waals surface area (Å²) in [6.45, 7) is 5.16. The summed E-state index contributed by atoms with van der Waals surface area (Å²) < 4.78 is 10.8. The molecule has 0 atom stereocenters. The number of amides is 2. The number of nitrogens with zero attached hydrogens (tertiary/aromatic N) is 2. The predicted molar refractivity (Wildman–Crippen MR) is 111 cm³/mol. The molecule has 1 aliphatic heterocycles. The molecule has 0 saturated heterocycles. The van der Waals surface area contributed by atoms with Gasteiger partial charge in [0, 0.05) is 26.6 Å². The minimum absolute atomic E-state index is 0.0470. The SMILES string of the molecule is COc1cc2c(cc1OC)CN(C(=O)CN(Cc1ccccc1C)C(C)=O)CC2. The molecular formula is C23H28N2O4. The van der Waals surface area contributed by atoms with Crippen molar-refractivity contribution in [2.45, 2.75) is 33.4 Å². The van der Waals surface area contributed by atoms with Gasteiger partial charge in [-0.1, -0.05) is 24.3 Å². The van der Waals surface area contributed by atoms with E-state index < -0.39 is 0 Å². The predicted octanol–water partition coefficient (Wildman–Crippen LogP) is 2.95. The number of aryl methyl sites for hydroxylation is 1. The molecule has 0 unspecified atom stereocenters. The normalized spacial score (nSPS) is 12.9. The average Bonchev–Trinajstić information content (AvgIpc) is 2.72. The molecule has 0 bridgehead atoms. The maximum Gasteiger partial charge on any atom is 0.242 e. The Morgan fingerprint density at radius 2 is 1.72 bits per heavy atom. The van der Waals surface area contributed by atoms with Crippen LogP contribution < -0.4 is 9.47 Å². The van der Waals surface area contributed by atoms with Gasteiger partial charge in [0.15, 0.2) is 11.5 Å².